The summed E-state index contributed by atoms with van der Waals surface area (Å²) in [5, 5.41) is 9.49. The van der Waals surface area contributed by atoms with Crippen molar-refractivity contribution >= 4 is 13.9 Å². The molecule has 0 rings (SSSR count). The van der Waals surface area contributed by atoms with Gasteiger partial charge in [-0.25, -0.2) is 0 Å². The van der Waals surface area contributed by atoms with E-state index in [2.05, 4.69) is 33.9 Å². The van der Waals surface area contributed by atoms with Crippen LogP contribution in [0.3, 0.4) is 0 Å². The Morgan fingerprint density at radius 1 is 1.20 bits per heavy atom. The van der Waals surface area contributed by atoms with Crippen LogP contribution in [-0.4, -0.2) is 25.1 Å². The molecule has 2 atom stereocenters. The summed E-state index contributed by atoms with van der Waals surface area (Å²) in [4.78, 5) is 11.9. The van der Waals surface area contributed by atoms with Crippen LogP contribution in [0, 0.1) is 0 Å². The number of aliphatic hydroxyl groups excluding tert-OH is 1. The summed E-state index contributed by atoms with van der Waals surface area (Å²) in [7, 11) is -1.88. The third-order valence-corrected chi connectivity index (χ3v) is 11.9. The molecule has 15 heavy (non-hydrogen) atoms. The van der Waals surface area contributed by atoms with Crippen LogP contribution in [0.5, 0.6) is 0 Å². The second kappa shape index (κ2) is 4.02. The van der Waals surface area contributed by atoms with Gasteiger partial charge in [0.25, 0.3) is 0 Å². The van der Waals surface area contributed by atoms with Crippen molar-refractivity contribution in [2.75, 3.05) is 0 Å². The van der Waals surface area contributed by atoms with Crippen molar-refractivity contribution in [1.29, 1.82) is 0 Å². The van der Waals surface area contributed by atoms with E-state index in [9.17, 15) is 9.90 Å². The van der Waals surface area contributed by atoms with Gasteiger partial charge in [-0.2, -0.15) is 0 Å². The molecule has 0 aliphatic carbocycles. The van der Waals surface area contributed by atoms with Gasteiger partial charge >= 0.3 is 0 Å². The molecule has 0 fully saturated rings. The van der Waals surface area contributed by atoms with Crippen molar-refractivity contribution in [2.24, 2.45) is 0 Å². The lowest BCUT2D eigenvalue weighted by Gasteiger charge is -2.50. The van der Waals surface area contributed by atoms with Gasteiger partial charge in [0.2, 0.25) is 0 Å². The molecule has 3 heteroatoms. The first-order valence-electron chi connectivity index (χ1n) is 5.58. The number of hydrogen-bond donors (Lipinski definition) is 1. The van der Waals surface area contributed by atoms with E-state index < -0.39 is 19.2 Å². The molecule has 0 aliphatic rings. The largest absolute Gasteiger partial charge is 0.393 e. The summed E-state index contributed by atoms with van der Waals surface area (Å²) in [5.41, 5.74) is 0. The summed E-state index contributed by atoms with van der Waals surface area (Å²) in [6, 6.07) is 0. The van der Waals surface area contributed by atoms with Crippen LogP contribution in [0.2, 0.25) is 23.2 Å². The number of carbonyl (C=O) groups is 1. The van der Waals surface area contributed by atoms with Crippen molar-refractivity contribution in [1.82, 2.24) is 0 Å². The second-order valence-corrected chi connectivity index (χ2v) is 12.1. The third kappa shape index (κ3) is 2.18. The first-order chi connectivity index (χ1) is 6.39. The topological polar surface area (TPSA) is 37.3 Å². The van der Waals surface area contributed by atoms with E-state index in [1.165, 1.54) is 0 Å². The number of ketones is 1. The lowest BCUT2D eigenvalue weighted by Crippen LogP contribution is -2.56. The van der Waals surface area contributed by atoms with Gasteiger partial charge < -0.3 is 5.11 Å². The van der Waals surface area contributed by atoms with E-state index in [4.69, 9.17) is 0 Å². The van der Waals surface area contributed by atoms with Crippen LogP contribution in [0.15, 0.2) is 0 Å². The van der Waals surface area contributed by atoms with Crippen molar-refractivity contribution in [3.63, 3.8) is 0 Å². The van der Waals surface area contributed by atoms with Gasteiger partial charge in [0.15, 0.2) is 0 Å². The van der Waals surface area contributed by atoms with Crippen LogP contribution >= 0.6 is 0 Å². The zero-order valence-corrected chi connectivity index (χ0v) is 12.4. The predicted molar refractivity (Wildman–Crippen MR) is 67.9 cm³/mol. The Hall–Kier alpha value is -0.153. The Balaban J connectivity index is 5.57. The molecule has 0 saturated heterocycles. The fourth-order valence-electron chi connectivity index (χ4n) is 2.04. The molecule has 0 radical (unpaired) electrons. The van der Waals surface area contributed by atoms with E-state index in [0.29, 0.717) is 0 Å². The summed E-state index contributed by atoms with van der Waals surface area (Å²) >= 11 is 0. The Morgan fingerprint density at radius 3 is 1.60 bits per heavy atom. The third-order valence-electron chi connectivity index (χ3n) is 4.74. The first-order valence-corrected chi connectivity index (χ1v) is 8.58. The van der Waals surface area contributed by atoms with E-state index in [1.54, 1.807) is 13.8 Å². The number of hydrogen-bond acceptors (Lipinski definition) is 2. The average Bonchev–Trinajstić information content (AvgIpc) is 1.99. The van der Waals surface area contributed by atoms with Gasteiger partial charge in [-0.05, 0) is 18.9 Å². The molecule has 0 amide bonds. The van der Waals surface area contributed by atoms with Crippen molar-refractivity contribution < 1.29 is 9.90 Å². The minimum absolute atomic E-state index is 0.102. The molecule has 0 aliphatic heterocycles. The zero-order chi connectivity index (χ0) is 12.7. The predicted octanol–water partition coefficient (Wildman–Crippen LogP) is 3.23. The molecule has 0 aromatic heterocycles. The Kier molecular flexibility index (Phi) is 3.98. The quantitative estimate of drug-likeness (QED) is 0.756. The van der Waals surface area contributed by atoms with Gasteiger partial charge in [0, 0.05) is 5.04 Å². The summed E-state index contributed by atoms with van der Waals surface area (Å²) in [6.45, 7) is 16.2. The molecule has 0 bridgehead atoms. The maximum absolute atomic E-state index is 11.9. The fraction of sp³-hybridized carbons (Fsp3) is 0.917. The molecular formula is C12H26O2Si. The van der Waals surface area contributed by atoms with Gasteiger partial charge in [-0.3, -0.25) is 4.79 Å². The minimum atomic E-state index is -1.88. The highest BCUT2D eigenvalue weighted by atomic mass is 28.3. The molecule has 1 N–H and O–H groups in total. The first kappa shape index (κ1) is 14.8. The van der Waals surface area contributed by atoms with Gasteiger partial charge in [-0.1, -0.05) is 40.8 Å². The lowest BCUT2D eigenvalue weighted by molar-refractivity contribution is -0.122. The van der Waals surface area contributed by atoms with Crippen LogP contribution in [0.25, 0.3) is 0 Å². The van der Waals surface area contributed by atoms with Crippen LogP contribution < -0.4 is 0 Å². The maximum atomic E-state index is 11.9. The highest BCUT2D eigenvalue weighted by Crippen LogP contribution is 2.53. The molecule has 2 nitrogen and oxygen atoms in total. The maximum Gasteiger partial charge on any atom is 0.135 e. The molecule has 0 heterocycles. The Morgan fingerprint density at radius 2 is 1.53 bits per heavy atom. The van der Waals surface area contributed by atoms with E-state index in [-0.39, 0.29) is 10.8 Å². The van der Waals surface area contributed by atoms with Gasteiger partial charge in [0.05, 0.1) is 14.2 Å². The molecule has 0 unspecified atom stereocenters. The van der Waals surface area contributed by atoms with E-state index >= 15 is 0 Å². The molecular weight excluding hydrogens is 204 g/mol. The van der Waals surface area contributed by atoms with Crippen LogP contribution in [0.1, 0.15) is 41.5 Å². The molecule has 0 saturated carbocycles. The molecule has 0 aromatic carbocycles. The van der Waals surface area contributed by atoms with Crippen molar-refractivity contribution in [3.8, 4) is 0 Å². The smallest absolute Gasteiger partial charge is 0.135 e. The molecule has 90 valence electrons. The fourth-order valence-corrected chi connectivity index (χ4v) is 5.52. The monoisotopic (exact) mass is 230 g/mol. The number of aliphatic hydroxyl groups is 1. The standard InChI is InChI=1S/C12H26O2Si/c1-9(13)12(6,10(2)14)15(7,8)11(3,4)5/h9,13H,1-8H3/t9-,12-/m1/s1. The van der Waals surface area contributed by atoms with Crippen molar-refractivity contribution in [2.45, 2.75) is 70.8 Å². The number of carbonyl (C=O) groups excluding carboxylic acids is 1. The zero-order valence-electron chi connectivity index (χ0n) is 11.4. The number of rotatable bonds is 3. The normalized spacial score (nSPS) is 19.5. The van der Waals surface area contributed by atoms with E-state index in [1.807, 2.05) is 6.92 Å². The minimum Gasteiger partial charge on any atom is -0.393 e. The highest BCUT2D eigenvalue weighted by Gasteiger charge is 2.55. The molecule has 0 spiro atoms. The lowest BCUT2D eigenvalue weighted by atomic mass is 10.0. The van der Waals surface area contributed by atoms with Crippen LogP contribution in [-0.2, 0) is 4.79 Å². The Labute approximate surface area is 95.1 Å². The van der Waals surface area contributed by atoms with E-state index in [0.717, 1.165) is 0 Å². The van der Waals surface area contributed by atoms with Crippen molar-refractivity contribution in [3.05, 3.63) is 0 Å². The average molecular weight is 230 g/mol. The summed E-state index contributed by atoms with van der Waals surface area (Å²) in [5.74, 6) is 0.115. The second-order valence-electron chi connectivity index (χ2n) is 6.31. The molecule has 0 aromatic rings. The summed E-state index contributed by atoms with van der Waals surface area (Å²) < 4.78 is 0. The summed E-state index contributed by atoms with van der Waals surface area (Å²) in [6.07, 6.45) is -0.573. The van der Waals surface area contributed by atoms with Gasteiger partial charge in [-0.15, -0.1) is 0 Å². The Bertz CT molecular complexity index is 251. The van der Waals surface area contributed by atoms with Gasteiger partial charge in [0.1, 0.15) is 5.78 Å². The SMILES string of the molecule is CC(=O)[C@@](C)([C@@H](C)O)[Si](C)(C)C(C)(C)C. The number of Topliss-reactive ketones (excluding diaryl/α,β-unsaturated/α-hetero) is 1. The highest BCUT2D eigenvalue weighted by molar-refractivity contribution is 6.86. The van der Waals surface area contributed by atoms with Crippen LogP contribution in [0.4, 0.5) is 0 Å².